The molecule has 48 valence electrons. The van der Waals surface area contributed by atoms with Crippen LogP contribution in [-0.4, -0.2) is 16.0 Å². The van der Waals surface area contributed by atoms with Gasteiger partial charge < -0.3 is 10.7 Å². The molecule has 0 amide bonds. The molecule has 0 bridgehead atoms. The van der Waals surface area contributed by atoms with Crippen molar-refractivity contribution in [2.45, 2.75) is 18.4 Å². The van der Waals surface area contributed by atoms with Gasteiger partial charge >= 0.3 is 0 Å². The van der Waals surface area contributed by atoms with Gasteiger partial charge in [-0.15, -0.1) is 0 Å². The van der Waals surface area contributed by atoms with E-state index < -0.39 is 0 Å². The van der Waals surface area contributed by atoms with E-state index in [0.29, 0.717) is 12.0 Å². The quantitative estimate of drug-likeness (QED) is 0.561. The molecule has 2 atom stereocenters. The summed E-state index contributed by atoms with van der Waals surface area (Å²) in [6, 6.07) is 0.358. The van der Waals surface area contributed by atoms with Crippen molar-refractivity contribution in [2.75, 3.05) is 0 Å². The Hall–Kier alpha value is -0.830. The average Bonchev–Trinajstić information content (AvgIpc) is 2.44. The molecule has 2 rings (SSSR count). The summed E-state index contributed by atoms with van der Waals surface area (Å²) < 4.78 is 0. The highest BCUT2D eigenvalue weighted by Gasteiger charge is 2.36. The minimum atomic E-state index is 0.358. The molecule has 0 spiro atoms. The summed E-state index contributed by atoms with van der Waals surface area (Å²) in [5.41, 5.74) is 5.60. The largest absolute Gasteiger partial charge is 0.348 e. The Bertz CT molecular complexity index is 192. The Morgan fingerprint density at radius 3 is 3.00 bits per heavy atom. The smallest absolute Gasteiger partial charge is 0.110 e. The van der Waals surface area contributed by atoms with Crippen LogP contribution < -0.4 is 5.73 Å². The molecule has 0 saturated heterocycles. The zero-order valence-electron chi connectivity index (χ0n) is 5.04. The van der Waals surface area contributed by atoms with E-state index in [1.807, 2.05) is 6.20 Å². The van der Waals surface area contributed by atoms with Crippen molar-refractivity contribution in [3.8, 4) is 0 Å². The van der Waals surface area contributed by atoms with E-state index in [0.717, 1.165) is 12.2 Å². The Morgan fingerprint density at radius 2 is 2.56 bits per heavy atom. The van der Waals surface area contributed by atoms with Gasteiger partial charge in [0.1, 0.15) is 5.82 Å². The van der Waals surface area contributed by atoms with Gasteiger partial charge in [0.15, 0.2) is 0 Å². The molecule has 3 heteroatoms. The lowest BCUT2D eigenvalue weighted by atomic mass is 10.4. The van der Waals surface area contributed by atoms with Crippen molar-refractivity contribution in [1.29, 1.82) is 0 Å². The summed E-state index contributed by atoms with van der Waals surface area (Å²) in [4.78, 5) is 7.13. The maximum atomic E-state index is 5.60. The third-order valence-corrected chi connectivity index (χ3v) is 1.71. The second-order valence-electron chi connectivity index (χ2n) is 2.48. The lowest BCUT2D eigenvalue weighted by Crippen LogP contribution is -2.01. The number of nitrogens with one attached hydrogen (secondary N) is 1. The van der Waals surface area contributed by atoms with Crippen LogP contribution in [0.5, 0.6) is 0 Å². The molecule has 1 saturated carbocycles. The molecule has 3 nitrogen and oxygen atoms in total. The average molecular weight is 123 g/mol. The van der Waals surface area contributed by atoms with Crippen molar-refractivity contribution in [3.05, 3.63) is 18.2 Å². The van der Waals surface area contributed by atoms with Crippen molar-refractivity contribution in [2.24, 2.45) is 5.73 Å². The monoisotopic (exact) mass is 123 g/mol. The van der Waals surface area contributed by atoms with E-state index in [-0.39, 0.29) is 0 Å². The van der Waals surface area contributed by atoms with Crippen LogP contribution in [-0.2, 0) is 0 Å². The van der Waals surface area contributed by atoms with Gasteiger partial charge in [0, 0.05) is 24.4 Å². The SMILES string of the molecule is N[C@@H]1C[C@H]1c1ncc[nH]1. The molecule has 9 heavy (non-hydrogen) atoms. The highest BCUT2D eigenvalue weighted by Crippen LogP contribution is 2.36. The molecule has 1 fully saturated rings. The Kier molecular flexibility index (Phi) is 0.873. The zero-order valence-corrected chi connectivity index (χ0v) is 5.04. The fourth-order valence-corrected chi connectivity index (χ4v) is 1.01. The van der Waals surface area contributed by atoms with E-state index in [9.17, 15) is 0 Å². The number of nitrogens with two attached hydrogens (primary N) is 1. The number of aromatic amines is 1. The molecular formula is C6H9N3. The molecule has 0 unspecified atom stereocenters. The molecule has 1 aliphatic carbocycles. The predicted molar refractivity (Wildman–Crippen MR) is 33.9 cm³/mol. The second-order valence-corrected chi connectivity index (χ2v) is 2.48. The van der Waals surface area contributed by atoms with E-state index in [4.69, 9.17) is 5.73 Å². The summed E-state index contributed by atoms with van der Waals surface area (Å²) in [6.07, 6.45) is 4.69. The summed E-state index contributed by atoms with van der Waals surface area (Å²) in [5.74, 6) is 1.56. The summed E-state index contributed by atoms with van der Waals surface area (Å²) in [5, 5.41) is 0. The molecule has 1 aromatic heterocycles. The van der Waals surface area contributed by atoms with Crippen LogP contribution in [0.4, 0.5) is 0 Å². The summed E-state index contributed by atoms with van der Waals surface area (Å²) in [7, 11) is 0. The van der Waals surface area contributed by atoms with Gasteiger partial charge in [-0.25, -0.2) is 4.98 Å². The number of rotatable bonds is 1. The van der Waals surface area contributed by atoms with Gasteiger partial charge in [-0.2, -0.15) is 0 Å². The van der Waals surface area contributed by atoms with Crippen LogP contribution in [0.15, 0.2) is 12.4 Å². The molecule has 1 aliphatic rings. The van der Waals surface area contributed by atoms with Crippen LogP contribution in [0.25, 0.3) is 0 Å². The van der Waals surface area contributed by atoms with Gasteiger partial charge in [-0.1, -0.05) is 0 Å². The molecule has 1 heterocycles. The van der Waals surface area contributed by atoms with E-state index in [1.54, 1.807) is 6.20 Å². The van der Waals surface area contributed by atoms with Crippen molar-refractivity contribution >= 4 is 0 Å². The molecule has 0 aromatic carbocycles. The fourth-order valence-electron chi connectivity index (χ4n) is 1.01. The minimum Gasteiger partial charge on any atom is -0.348 e. The maximum absolute atomic E-state index is 5.60. The van der Waals surface area contributed by atoms with Crippen LogP contribution in [0, 0.1) is 0 Å². The Morgan fingerprint density at radius 1 is 1.78 bits per heavy atom. The van der Waals surface area contributed by atoms with Gasteiger partial charge in [-0.3, -0.25) is 0 Å². The van der Waals surface area contributed by atoms with Crippen LogP contribution in [0.1, 0.15) is 18.2 Å². The first-order chi connectivity index (χ1) is 4.38. The predicted octanol–water partition coefficient (Wildman–Crippen LogP) is 0.224. The highest BCUT2D eigenvalue weighted by atomic mass is 14.9. The van der Waals surface area contributed by atoms with Gasteiger partial charge in [0.05, 0.1) is 0 Å². The Labute approximate surface area is 53.3 Å². The summed E-state index contributed by atoms with van der Waals surface area (Å²) >= 11 is 0. The van der Waals surface area contributed by atoms with Crippen LogP contribution in [0.2, 0.25) is 0 Å². The molecule has 0 aliphatic heterocycles. The van der Waals surface area contributed by atoms with E-state index in [2.05, 4.69) is 9.97 Å². The first-order valence-electron chi connectivity index (χ1n) is 3.13. The van der Waals surface area contributed by atoms with Crippen LogP contribution >= 0.6 is 0 Å². The maximum Gasteiger partial charge on any atom is 0.110 e. The van der Waals surface area contributed by atoms with Gasteiger partial charge in [-0.05, 0) is 6.42 Å². The van der Waals surface area contributed by atoms with E-state index >= 15 is 0 Å². The number of hydrogen-bond acceptors (Lipinski definition) is 2. The third-order valence-electron chi connectivity index (χ3n) is 1.71. The van der Waals surface area contributed by atoms with Crippen LogP contribution in [0.3, 0.4) is 0 Å². The first-order valence-corrected chi connectivity index (χ1v) is 3.13. The van der Waals surface area contributed by atoms with Crippen molar-refractivity contribution in [3.63, 3.8) is 0 Å². The first kappa shape index (κ1) is 4.99. The number of imidazole rings is 1. The molecular weight excluding hydrogens is 114 g/mol. The normalized spacial score (nSPS) is 32.6. The number of aromatic nitrogens is 2. The topological polar surface area (TPSA) is 54.7 Å². The molecule has 3 N–H and O–H groups in total. The number of H-pyrrole nitrogens is 1. The molecule has 1 aromatic rings. The van der Waals surface area contributed by atoms with Gasteiger partial charge in [0.25, 0.3) is 0 Å². The second kappa shape index (κ2) is 1.57. The minimum absolute atomic E-state index is 0.358. The molecule has 0 radical (unpaired) electrons. The third kappa shape index (κ3) is 0.733. The van der Waals surface area contributed by atoms with Gasteiger partial charge in [0.2, 0.25) is 0 Å². The number of nitrogens with zero attached hydrogens (tertiary/aromatic N) is 1. The van der Waals surface area contributed by atoms with E-state index in [1.165, 1.54) is 0 Å². The summed E-state index contributed by atoms with van der Waals surface area (Å²) in [6.45, 7) is 0. The standard InChI is InChI=1S/C6H9N3/c7-5-3-4(5)6-8-1-2-9-6/h1-2,4-5H,3,7H2,(H,8,9)/t4-,5-/m1/s1. The van der Waals surface area contributed by atoms with Crippen molar-refractivity contribution < 1.29 is 0 Å². The number of hydrogen-bond donors (Lipinski definition) is 2. The lowest BCUT2D eigenvalue weighted by molar-refractivity contribution is 0.914. The lowest BCUT2D eigenvalue weighted by Gasteiger charge is -1.86. The zero-order chi connectivity index (χ0) is 6.27. The highest BCUT2D eigenvalue weighted by molar-refractivity contribution is 5.12. The fraction of sp³-hybridized carbons (Fsp3) is 0.500. The Balaban J connectivity index is 2.18. The van der Waals surface area contributed by atoms with Crippen molar-refractivity contribution in [1.82, 2.24) is 9.97 Å².